The molecule has 0 amide bonds. The summed E-state index contributed by atoms with van der Waals surface area (Å²) in [4.78, 5) is 14.8. The van der Waals surface area contributed by atoms with E-state index in [0.29, 0.717) is 10.7 Å². The van der Waals surface area contributed by atoms with Crippen LogP contribution in [0.4, 0.5) is 0 Å². The summed E-state index contributed by atoms with van der Waals surface area (Å²) in [5.41, 5.74) is 1.45. The molecule has 0 saturated carbocycles. The SMILES string of the molecule is O=C(O)Cc1csc(-c2ccc(Br)c(Cl)c2)n1. The number of aliphatic carboxylic acids is 1. The van der Waals surface area contributed by atoms with E-state index in [1.807, 2.05) is 12.1 Å². The van der Waals surface area contributed by atoms with Crippen LogP contribution in [0.5, 0.6) is 0 Å². The van der Waals surface area contributed by atoms with Gasteiger partial charge in [0, 0.05) is 15.4 Å². The summed E-state index contributed by atoms with van der Waals surface area (Å²) in [5, 5.41) is 11.8. The molecule has 1 heterocycles. The molecule has 0 aliphatic carbocycles. The number of halogens is 2. The number of rotatable bonds is 3. The molecule has 2 aromatic rings. The van der Waals surface area contributed by atoms with Crippen LogP contribution in [-0.2, 0) is 11.2 Å². The van der Waals surface area contributed by atoms with Gasteiger partial charge in [-0.1, -0.05) is 17.7 Å². The Kier molecular flexibility index (Phi) is 3.81. The number of carboxylic acids is 1. The highest BCUT2D eigenvalue weighted by molar-refractivity contribution is 9.10. The van der Waals surface area contributed by atoms with Crippen molar-refractivity contribution in [1.29, 1.82) is 0 Å². The number of hydrogen-bond donors (Lipinski definition) is 1. The Morgan fingerprint density at radius 1 is 1.53 bits per heavy atom. The normalized spacial score (nSPS) is 10.5. The maximum Gasteiger partial charge on any atom is 0.309 e. The fourth-order valence-electron chi connectivity index (χ4n) is 1.30. The number of nitrogens with zero attached hydrogens (tertiary/aromatic N) is 1. The molecule has 0 saturated heterocycles. The van der Waals surface area contributed by atoms with Crippen LogP contribution >= 0.6 is 38.9 Å². The summed E-state index contributed by atoms with van der Waals surface area (Å²) in [6.07, 6.45) is -0.0548. The molecule has 1 aromatic heterocycles. The van der Waals surface area contributed by atoms with Crippen LogP contribution in [0.15, 0.2) is 28.1 Å². The van der Waals surface area contributed by atoms with Gasteiger partial charge in [0.2, 0.25) is 0 Å². The monoisotopic (exact) mass is 331 g/mol. The first-order valence-corrected chi connectivity index (χ1v) is 6.73. The molecule has 0 unspecified atom stereocenters. The minimum absolute atomic E-state index is 0.0548. The maximum absolute atomic E-state index is 10.6. The minimum atomic E-state index is -0.879. The molecule has 17 heavy (non-hydrogen) atoms. The first-order chi connectivity index (χ1) is 8.06. The van der Waals surface area contributed by atoms with Crippen molar-refractivity contribution in [2.24, 2.45) is 0 Å². The van der Waals surface area contributed by atoms with E-state index in [0.717, 1.165) is 15.0 Å². The van der Waals surface area contributed by atoms with Gasteiger partial charge in [0.05, 0.1) is 17.1 Å². The zero-order valence-corrected chi connectivity index (χ0v) is 11.6. The van der Waals surface area contributed by atoms with E-state index in [1.165, 1.54) is 11.3 Å². The van der Waals surface area contributed by atoms with E-state index in [-0.39, 0.29) is 6.42 Å². The maximum atomic E-state index is 10.6. The third-order valence-electron chi connectivity index (χ3n) is 2.05. The van der Waals surface area contributed by atoms with Crippen molar-refractivity contribution >= 4 is 44.8 Å². The Hall–Kier alpha value is -0.910. The Balaban J connectivity index is 2.30. The summed E-state index contributed by atoms with van der Waals surface area (Å²) < 4.78 is 0.824. The van der Waals surface area contributed by atoms with Crippen molar-refractivity contribution in [3.05, 3.63) is 38.8 Å². The fourth-order valence-corrected chi connectivity index (χ4v) is 2.55. The number of carboxylic acid groups (broad SMARTS) is 1. The lowest BCUT2D eigenvalue weighted by Crippen LogP contribution is -1.99. The van der Waals surface area contributed by atoms with E-state index in [4.69, 9.17) is 16.7 Å². The molecule has 0 radical (unpaired) electrons. The van der Waals surface area contributed by atoms with Gasteiger partial charge in [-0.15, -0.1) is 11.3 Å². The van der Waals surface area contributed by atoms with Crippen LogP contribution < -0.4 is 0 Å². The molecule has 0 fully saturated rings. The summed E-state index contributed by atoms with van der Waals surface area (Å²) in [5.74, 6) is -0.879. The van der Waals surface area contributed by atoms with Crippen molar-refractivity contribution in [2.75, 3.05) is 0 Å². The van der Waals surface area contributed by atoms with E-state index in [9.17, 15) is 4.79 Å². The van der Waals surface area contributed by atoms with Crippen LogP contribution in [0.1, 0.15) is 5.69 Å². The second kappa shape index (κ2) is 5.16. The van der Waals surface area contributed by atoms with Gasteiger partial charge < -0.3 is 5.11 Å². The average molecular weight is 333 g/mol. The van der Waals surface area contributed by atoms with Crippen molar-refractivity contribution < 1.29 is 9.90 Å². The van der Waals surface area contributed by atoms with Gasteiger partial charge in [0.15, 0.2) is 0 Å². The fraction of sp³-hybridized carbons (Fsp3) is 0.0909. The summed E-state index contributed by atoms with van der Waals surface area (Å²) in [7, 11) is 0. The number of thiazole rings is 1. The standard InChI is InChI=1S/C11H7BrClNO2S/c12-8-2-1-6(3-9(8)13)11-14-7(5-17-11)4-10(15)16/h1-3,5H,4H2,(H,15,16). The van der Waals surface area contributed by atoms with Crippen molar-refractivity contribution in [3.8, 4) is 10.6 Å². The molecular formula is C11H7BrClNO2S. The molecule has 0 spiro atoms. The third kappa shape index (κ3) is 3.06. The second-order valence-corrected chi connectivity index (χ2v) is 5.46. The highest BCUT2D eigenvalue weighted by atomic mass is 79.9. The van der Waals surface area contributed by atoms with Crippen LogP contribution in [-0.4, -0.2) is 16.1 Å². The number of aromatic nitrogens is 1. The molecule has 0 atom stereocenters. The Bertz CT molecular complexity index is 570. The zero-order chi connectivity index (χ0) is 12.4. The summed E-state index contributed by atoms with van der Waals surface area (Å²) >= 11 is 10.7. The zero-order valence-electron chi connectivity index (χ0n) is 8.48. The lowest BCUT2D eigenvalue weighted by molar-refractivity contribution is -0.136. The number of carbonyl (C=O) groups is 1. The lowest BCUT2D eigenvalue weighted by Gasteiger charge is -1.99. The van der Waals surface area contributed by atoms with Gasteiger partial charge >= 0.3 is 5.97 Å². The quantitative estimate of drug-likeness (QED) is 0.928. The molecule has 1 aromatic carbocycles. The Morgan fingerprint density at radius 2 is 2.29 bits per heavy atom. The minimum Gasteiger partial charge on any atom is -0.481 e. The van der Waals surface area contributed by atoms with Crippen LogP contribution in [0.3, 0.4) is 0 Å². The van der Waals surface area contributed by atoms with E-state index < -0.39 is 5.97 Å². The van der Waals surface area contributed by atoms with Crippen LogP contribution in [0.2, 0.25) is 5.02 Å². The Labute approximate surface area is 115 Å². The third-order valence-corrected chi connectivity index (χ3v) is 4.22. The number of benzene rings is 1. The first kappa shape index (κ1) is 12.5. The van der Waals surface area contributed by atoms with E-state index >= 15 is 0 Å². The molecule has 2 rings (SSSR count). The van der Waals surface area contributed by atoms with Gasteiger partial charge in [-0.25, -0.2) is 4.98 Å². The van der Waals surface area contributed by atoms with Gasteiger partial charge in [-0.3, -0.25) is 4.79 Å². The van der Waals surface area contributed by atoms with E-state index in [2.05, 4.69) is 20.9 Å². The van der Waals surface area contributed by atoms with E-state index in [1.54, 1.807) is 11.4 Å². The molecule has 0 aliphatic heterocycles. The number of hydrogen-bond acceptors (Lipinski definition) is 3. The first-order valence-electron chi connectivity index (χ1n) is 4.68. The highest BCUT2D eigenvalue weighted by Gasteiger charge is 2.09. The van der Waals surface area contributed by atoms with Crippen LogP contribution in [0, 0.1) is 0 Å². The molecule has 1 N–H and O–H groups in total. The highest BCUT2D eigenvalue weighted by Crippen LogP contribution is 2.30. The molecule has 0 aliphatic rings. The predicted molar refractivity (Wildman–Crippen MR) is 71.6 cm³/mol. The van der Waals surface area contributed by atoms with Gasteiger partial charge in [0.25, 0.3) is 0 Å². The predicted octanol–water partition coefficient (Wildman–Crippen LogP) is 3.85. The second-order valence-electron chi connectivity index (χ2n) is 3.34. The molecule has 6 heteroatoms. The van der Waals surface area contributed by atoms with Crippen LogP contribution in [0.25, 0.3) is 10.6 Å². The van der Waals surface area contributed by atoms with Gasteiger partial charge in [-0.05, 0) is 28.1 Å². The average Bonchev–Trinajstić information content (AvgIpc) is 2.69. The van der Waals surface area contributed by atoms with Gasteiger partial charge in [0.1, 0.15) is 5.01 Å². The van der Waals surface area contributed by atoms with Crippen molar-refractivity contribution in [2.45, 2.75) is 6.42 Å². The van der Waals surface area contributed by atoms with Gasteiger partial charge in [-0.2, -0.15) is 0 Å². The van der Waals surface area contributed by atoms with Crippen molar-refractivity contribution in [3.63, 3.8) is 0 Å². The lowest BCUT2D eigenvalue weighted by atomic mass is 10.2. The topological polar surface area (TPSA) is 50.2 Å². The molecular weight excluding hydrogens is 326 g/mol. The largest absolute Gasteiger partial charge is 0.481 e. The summed E-state index contributed by atoms with van der Waals surface area (Å²) in [6, 6.07) is 5.53. The molecule has 0 bridgehead atoms. The molecule has 3 nitrogen and oxygen atoms in total. The summed E-state index contributed by atoms with van der Waals surface area (Å²) in [6.45, 7) is 0. The Morgan fingerprint density at radius 3 is 2.94 bits per heavy atom. The smallest absolute Gasteiger partial charge is 0.309 e. The molecule has 88 valence electrons. The van der Waals surface area contributed by atoms with Crippen molar-refractivity contribution in [1.82, 2.24) is 4.98 Å².